The van der Waals surface area contributed by atoms with Crippen molar-refractivity contribution in [1.29, 1.82) is 0 Å². The first-order valence-corrected chi connectivity index (χ1v) is 6.53. The van der Waals surface area contributed by atoms with E-state index in [1.807, 2.05) is 12.1 Å². The van der Waals surface area contributed by atoms with Crippen LogP contribution in [0, 0.1) is 0 Å². The molecule has 0 saturated heterocycles. The summed E-state index contributed by atoms with van der Waals surface area (Å²) in [4.78, 5) is 22.6. The van der Waals surface area contributed by atoms with E-state index in [4.69, 9.17) is 4.74 Å². The number of rotatable bonds is 8. The van der Waals surface area contributed by atoms with Crippen LogP contribution in [-0.4, -0.2) is 24.8 Å². The highest BCUT2D eigenvalue weighted by Gasteiger charge is 1.99. The quantitative estimate of drug-likeness (QED) is 0.409. The summed E-state index contributed by atoms with van der Waals surface area (Å²) in [6.07, 6.45) is 5.28. The minimum atomic E-state index is -0.0493. The molecule has 1 aromatic carbocycles. The number of hydrogen-bond donors (Lipinski definition) is 0. The third kappa shape index (κ3) is 6.11. The lowest BCUT2D eigenvalue weighted by Crippen LogP contribution is -2.06. The molecule has 0 N–H and O–H groups in total. The van der Waals surface area contributed by atoms with Crippen LogP contribution in [0.4, 0.5) is 0 Å². The van der Waals surface area contributed by atoms with Crippen LogP contribution in [0.3, 0.4) is 0 Å². The number of carbonyl (C=O) groups is 2. The van der Waals surface area contributed by atoms with Gasteiger partial charge in [0.25, 0.3) is 0 Å². The lowest BCUT2D eigenvalue weighted by Gasteiger charge is -1.99. The van der Waals surface area contributed by atoms with E-state index >= 15 is 0 Å². The molecule has 0 saturated carbocycles. The highest BCUT2D eigenvalue weighted by atomic mass is 16.5. The average Bonchev–Trinajstić information content (AvgIpc) is 2.42. The Labute approximate surface area is 114 Å². The molecule has 0 radical (unpaired) electrons. The molecule has 0 aliphatic rings. The van der Waals surface area contributed by atoms with Gasteiger partial charge in [0.15, 0.2) is 11.6 Å². The maximum Gasteiger partial charge on any atom is 0.181 e. The molecule has 0 unspecified atom stereocenters. The van der Waals surface area contributed by atoms with Crippen molar-refractivity contribution in [3.8, 4) is 0 Å². The highest BCUT2D eigenvalue weighted by molar-refractivity contribution is 5.95. The molecule has 0 amide bonds. The summed E-state index contributed by atoms with van der Waals surface area (Å²) >= 11 is 0. The van der Waals surface area contributed by atoms with Crippen LogP contribution in [0.1, 0.15) is 42.6 Å². The molecule has 102 valence electrons. The minimum absolute atomic E-state index is 0.0379. The van der Waals surface area contributed by atoms with Gasteiger partial charge in [-0.15, -0.1) is 0 Å². The van der Waals surface area contributed by atoms with Gasteiger partial charge in [-0.05, 0) is 25.0 Å². The SMILES string of the molecule is CCCCOCC(=O)/C=C/c1ccc(C(C)=O)cc1. The van der Waals surface area contributed by atoms with Gasteiger partial charge in [-0.3, -0.25) is 9.59 Å². The van der Waals surface area contributed by atoms with Crippen LogP contribution in [0.25, 0.3) is 6.08 Å². The largest absolute Gasteiger partial charge is 0.373 e. The van der Waals surface area contributed by atoms with Gasteiger partial charge in [-0.1, -0.05) is 43.7 Å². The first kappa shape index (κ1) is 15.3. The number of carbonyl (C=O) groups excluding carboxylic acids is 2. The second-order valence-electron chi connectivity index (χ2n) is 4.38. The maximum absolute atomic E-state index is 11.5. The first-order valence-electron chi connectivity index (χ1n) is 6.53. The number of ketones is 2. The van der Waals surface area contributed by atoms with Crippen molar-refractivity contribution < 1.29 is 14.3 Å². The third-order valence-electron chi connectivity index (χ3n) is 2.67. The molecule has 1 rings (SSSR count). The van der Waals surface area contributed by atoms with E-state index in [-0.39, 0.29) is 18.2 Å². The predicted octanol–water partition coefficient (Wildman–Crippen LogP) is 3.29. The van der Waals surface area contributed by atoms with E-state index in [2.05, 4.69) is 6.92 Å². The summed E-state index contributed by atoms with van der Waals surface area (Å²) in [5, 5.41) is 0. The Bertz CT molecular complexity index is 444. The molecular formula is C16H20O3. The lowest BCUT2D eigenvalue weighted by molar-refractivity contribution is -0.118. The van der Waals surface area contributed by atoms with Crippen molar-refractivity contribution in [3.05, 3.63) is 41.5 Å². The average molecular weight is 260 g/mol. The van der Waals surface area contributed by atoms with Crippen molar-refractivity contribution in [3.63, 3.8) is 0 Å². The van der Waals surface area contributed by atoms with Crippen LogP contribution in [-0.2, 0) is 9.53 Å². The van der Waals surface area contributed by atoms with Crippen molar-refractivity contribution in [2.75, 3.05) is 13.2 Å². The normalized spacial score (nSPS) is 10.8. The van der Waals surface area contributed by atoms with Crippen molar-refractivity contribution >= 4 is 17.6 Å². The molecule has 0 fully saturated rings. The van der Waals surface area contributed by atoms with Crippen LogP contribution in [0.2, 0.25) is 0 Å². The second kappa shape index (κ2) is 8.38. The zero-order valence-corrected chi connectivity index (χ0v) is 11.5. The van der Waals surface area contributed by atoms with Crippen LogP contribution < -0.4 is 0 Å². The molecule has 0 spiro atoms. The van der Waals surface area contributed by atoms with E-state index in [0.29, 0.717) is 12.2 Å². The number of ether oxygens (including phenoxy) is 1. The Balaban J connectivity index is 2.43. The lowest BCUT2D eigenvalue weighted by atomic mass is 10.1. The van der Waals surface area contributed by atoms with Crippen molar-refractivity contribution in [1.82, 2.24) is 0 Å². The van der Waals surface area contributed by atoms with E-state index in [0.717, 1.165) is 18.4 Å². The number of Topliss-reactive ketones (excluding diaryl/α,β-unsaturated/α-hetero) is 1. The molecular weight excluding hydrogens is 240 g/mol. The fourth-order valence-corrected chi connectivity index (χ4v) is 1.49. The Kier molecular flexibility index (Phi) is 6.75. The summed E-state index contributed by atoms with van der Waals surface area (Å²) in [5.74, 6) is -0.0114. The zero-order valence-electron chi connectivity index (χ0n) is 11.5. The fourth-order valence-electron chi connectivity index (χ4n) is 1.49. The molecule has 0 atom stereocenters. The van der Waals surface area contributed by atoms with Gasteiger partial charge in [0.2, 0.25) is 0 Å². The minimum Gasteiger partial charge on any atom is -0.373 e. The fraction of sp³-hybridized carbons (Fsp3) is 0.375. The van der Waals surface area contributed by atoms with Crippen LogP contribution >= 0.6 is 0 Å². The van der Waals surface area contributed by atoms with Gasteiger partial charge in [0.1, 0.15) is 6.61 Å². The summed E-state index contributed by atoms with van der Waals surface area (Å²) in [5.41, 5.74) is 1.57. The van der Waals surface area contributed by atoms with Gasteiger partial charge in [-0.2, -0.15) is 0 Å². The Morgan fingerprint density at radius 3 is 2.47 bits per heavy atom. The van der Waals surface area contributed by atoms with Gasteiger partial charge in [0, 0.05) is 12.2 Å². The molecule has 19 heavy (non-hydrogen) atoms. The first-order chi connectivity index (χ1) is 9.13. The smallest absolute Gasteiger partial charge is 0.181 e. The second-order valence-corrected chi connectivity index (χ2v) is 4.38. The molecule has 0 aromatic heterocycles. The van der Waals surface area contributed by atoms with E-state index in [1.54, 1.807) is 18.2 Å². The number of hydrogen-bond acceptors (Lipinski definition) is 3. The monoisotopic (exact) mass is 260 g/mol. The number of unbranched alkanes of at least 4 members (excludes halogenated alkanes) is 1. The Morgan fingerprint density at radius 1 is 1.21 bits per heavy atom. The standard InChI is InChI=1S/C16H20O3/c1-3-4-11-19-12-16(18)10-7-14-5-8-15(9-6-14)13(2)17/h5-10H,3-4,11-12H2,1-2H3/b10-7+. The molecule has 1 aromatic rings. The predicted molar refractivity (Wildman–Crippen MR) is 76.2 cm³/mol. The molecule has 0 bridgehead atoms. The summed E-state index contributed by atoms with van der Waals surface area (Å²) in [6, 6.07) is 7.14. The molecule has 0 aliphatic carbocycles. The highest BCUT2D eigenvalue weighted by Crippen LogP contribution is 2.06. The van der Waals surface area contributed by atoms with Gasteiger partial charge in [0.05, 0.1) is 0 Å². The molecule has 3 nitrogen and oxygen atoms in total. The zero-order chi connectivity index (χ0) is 14.1. The number of benzene rings is 1. The van der Waals surface area contributed by atoms with Gasteiger partial charge in [-0.25, -0.2) is 0 Å². The summed E-state index contributed by atoms with van der Waals surface area (Å²) in [7, 11) is 0. The summed E-state index contributed by atoms with van der Waals surface area (Å²) in [6.45, 7) is 4.36. The van der Waals surface area contributed by atoms with E-state index in [9.17, 15) is 9.59 Å². The Morgan fingerprint density at radius 2 is 1.89 bits per heavy atom. The van der Waals surface area contributed by atoms with Crippen LogP contribution in [0.5, 0.6) is 0 Å². The maximum atomic E-state index is 11.5. The Hall–Kier alpha value is -1.74. The summed E-state index contributed by atoms with van der Waals surface area (Å²) < 4.78 is 5.23. The van der Waals surface area contributed by atoms with Gasteiger partial charge < -0.3 is 4.74 Å². The molecule has 0 aliphatic heterocycles. The van der Waals surface area contributed by atoms with Crippen molar-refractivity contribution in [2.24, 2.45) is 0 Å². The molecule has 3 heteroatoms. The van der Waals surface area contributed by atoms with Crippen LogP contribution in [0.15, 0.2) is 30.3 Å². The topological polar surface area (TPSA) is 43.4 Å². The molecule has 0 heterocycles. The van der Waals surface area contributed by atoms with Crippen molar-refractivity contribution in [2.45, 2.75) is 26.7 Å². The van der Waals surface area contributed by atoms with E-state index in [1.165, 1.54) is 13.0 Å². The third-order valence-corrected chi connectivity index (χ3v) is 2.67. The van der Waals surface area contributed by atoms with Gasteiger partial charge >= 0.3 is 0 Å². The van der Waals surface area contributed by atoms with E-state index < -0.39 is 0 Å².